The van der Waals surface area contributed by atoms with Crippen molar-refractivity contribution in [1.29, 1.82) is 0 Å². The van der Waals surface area contributed by atoms with Crippen molar-refractivity contribution in [2.75, 3.05) is 11.1 Å². The van der Waals surface area contributed by atoms with Gasteiger partial charge in [-0.2, -0.15) is 13.2 Å². The van der Waals surface area contributed by atoms with Gasteiger partial charge in [0.2, 0.25) is 0 Å². The Morgan fingerprint density at radius 2 is 1.90 bits per heavy atom. The Balaban J connectivity index is 2.30. The van der Waals surface area contributed by atoms with Gasteiger partial charge < -0.3 is 11.1 Å². The standard InChI is InChI=1S/C13H9F4N3O/c14-7-4-5-10(19-6-7)20-12(21)8-2-1-3-9(11(8)18)13(15,16)17/h1-6H,18H2,(H,19,20,21). The van der Waals surface area contributed by atoms with E-state index in [0.29, 0.717) is 0 Å². The molecule has 1 aromatic heterocycles. The predicted octanol–water partition coefficient (Wildman–Crippen LogP) is 3.07. The molecule has 0 radical (unpaired) electrons. The Morgan fingerprint density at radius 3 is 2.48 bits per heavy atom. The van der Waals surface area contributed by atoms with Gasteiger partial charge in [0.15, 0.2) is 0 Å². The topological polar surface area (TPSA) is 68.0 Å². The Labute approximate surface area is 116 Å². The number of nitrogens with zero attached hydrogens (tertiary/aromatic N) is 1. The summed E-state index contributed by atoms with van der Waals surface area (Å²) in [4.78, 5) is 15.5. The van der Waals surface area contributed by atoms with Crippen LogP contribution in [0.3, 0.4) is 0 Å². The number of pyridine rings is 1. The molecule has 1 heterocycles. The number of rotatable bonds is 2. The van der Waals surface area contributed by atoms with Crippen LogP contribution in [0.4, 0.5) is 29.1 Å². The van der Waals surface area contributed by atoms with Crippen LogP contribution in [0, 0.1) is 5.82 Å². The summed E-state index contributed by atoms with van der Waals surface area (Å²) < 4.78 is 50.8. The Kier molecular flexibility index (Phi) is 3.79. The second-order valence-corrected chi connectivity index (χ2v) is 4.08. The molecule has 3 N–H and O–H groups in total. The molecule has 8 heteroatoms. The average molecular weight is 299 g/mol. The summed E-state index contributed by atoms with van der Waals surface area (Å²) in [6, 6.07) is 5.24. The molecule has 0 unspecified atom stereocenters. The van der Waals surface area contributed by atoms with E-state index in [4.69, 9.17) is 5.73 Å². The Hall–Kier alpha value is -2.64. The number of hydrogen-bond acceptors (Lipinski definition) is 3. The van der Waals surface area contributed by atoms with Crippen LogP contribution in [-0.2, 0) is 6.18 Å². The van der Waals surface area contributed by atoms with E-state index in [9.17, 15) is 22.4 Å². The highest BCUT2D eigenvalue weighted by Crippen LogP contribution is 2.35. The van der Waals surface area contributed by atoms with Crippen molar-refractivity contribution in [1.82, 2.24) is 4.98 Å². The van der Waals surface area contributed by atoms with E-state index in [0.717, 1.165) is 30.5 Å². The predicted molar refractivity (Wildman–Crippen MR) is 68.0 cm³/mol. The minimum Gasteiger partial charge on any atom is -0.398 e. The van der Waals surface area contributed by atoms with Gasteiger partial charge in [-0.3, -0.25) is 4.79 Å². The van der Waals surface area contributed by atoms with Crippen LogP contribution in [0.1, 0.15) is 15.9 Å². The van der Waals surface area contributed by atoms with E-state index < -0.39 is 29.2 Å². The molecule has 21 heavy (non-hydrogen) atoms. The number of para-hydroxylation sites is 1. The van der Waals surface area contributed by atoms with Crippen LogP contribution < -0.4 is 11.1 Å². The first kappa shape index (κ1) is 14.8. The van der Waals surface area contributed by atoms with Crippen LogP contribution in [0.5, 0.6) is 0 Å². The number of halogens is 4. The lowest BCUT2D eigenvalue weighted by Gasteiger charge is -2.13. The number of nitrogens with two attached hydrogens (primary N) is 1. The molecule has 2 aromatic rings. The normalized spacial score (nSPS) is 11.2. The highest BCUT2D eigenvalue weighted by molar-refractivity contribution is 6.07. The summed E-state index contributed by atoms with van der Waals surface area (Å²) in [5, 5.41) is 2.24. The molecule has 0 aliphatic heterocycles. The molecule has 0 bridgehead atoms. The van der Waals surface area contributed by atoms with Crippen LogP contribution in [0.2, 0.25) is 0 Å². The largest absolute Gasteiger partial charge is 0.418 e. The number of carbonyl (C=O) groups is 1. The number of aromatic nitrogens is 1. The van der Waals surface area contributed by atoms with Crippen molar-refractivity contribution >= 4 is 17.4 Å². The number of amides is 1. The van der Waals surface area contributed by atoms with Crippen LogP contribution in [-0.4, -0.2) is 10.9 Å². The fourth-order valence-corrected chi connectivity index (χ4v) is 1.64. The number of carbonyl (C=O) groups excluding carboxylic acids is 1. The van der Waals surface area contributed by atoms with Crippen molar-refractivity contribution in [3.05, 3.63) is 53.5 Å². The third-order valence-corrected chi connectivity index (χ3v) is 2.63. The molecule has 0 aliphatic rings. The fraction of sp³-hybridized carbons (Fsp3) is 0.0769. The molecule has 1 aromatic carbocycles. The SMILES string of the molecule is Nc1c(C(=O)Nc2ccc(F)cn2)cccc1C(F)(F)F. The summed E-state index contributed by atoms with van der Waals surface area (Å²) in [6.45, 7) is 0. The zero-order valence-electron chi connectivity index (χ0n) is 10.4. The van der Waals surface area contributed by atoms with Crippen molar-refractivity contribution in [3.63, 3.8) is 0 Å². The number of alkyl halides is 3. The van der Waals surface area contributed by atoms with Gasteiger partial charge in [0.1, 0.15) is 11.6 Å². The summed E-state index contributed by atoms with van der Waals surface area (Å²) >= 11 is 0. The summed E-state index contributed by atoms with van der Waals surface area (Å²) in [5.41, 5.74) is 3.28. The van der Waals surface area contributed by atoms with Crippen molar-refractivity contribution in [2.24, 2.45) is 0 Å². The molecular weight excluding hydrogens is 290 g/mol. The second-order valence-electron chi connectivity index (χ2n) is 4.08. The highest BCUT2D eigenvalue weighted by atomic mass is 19.4. The lowest BCUT2D eigenvalue weighted by molar-refractivity contribution is -0.136. The number of hydrogen-bond donors (Lipinski definition) is 2. The monoisotopic (exact) mass is 299 g/mol. The van der Waals surface area contributed by atoms with E-state index in [1.54, 1.807) is 0 Å². The summed E-state index contributed by atoms with van der Waals surface area (Å²) in [5.74, 6) is -1.47. The Morgan fingerprint density at radius 1 is 1.19 bits per heavy atom. The molecule has 0 saturated carbocycles. The maximum absolute atomic E-state index is 12.7. The molecule has 110 valence electrons. The molecule has 4 nitrogen and oxygen atoms in total. The smallest absolute Gasteiger partial charge is 0.398 e. The lowest BCUT2D eigenvalue weighted by Crippen LogP contribution is -2.18. The van der Waals surface area contributed by atoms with Crippen molar-refractivity contribution < 1.29 is 22.4 Å². The number of nitrogen functional groups attached to an aromatic ring is 1. The molecule has 2 rings (SSSR count). The molecular formula is C13H9F4N3O. The first-order valence-corrected chi connectivity index (χ1v) is 5.67. The summed E-state index contributed by atoms with van der Waals surface area (Å²) in [6.07, 6.45) is -3.79. The zero-order chi connectivity index (χ0) is 15.6. The van der Waals surface area contributed by atoms with Gasteiger partial charge in [-0.1, -0.05) is 6.07 Å². The minimum atomic E-state index is -4.66. The van der Waals surface area contributed by atoms with Crippen LogP contribution in [0.15, 0.2) is 36.5 Å². The molecule has 0 spiro atoms. The maximum atomic E-state index is 12.7. The van der Waals surface area contributed by atoms with Gasteiger partial charge >= 0.3 is 6.18 Å². The Bertz CT molecular complexity index is 668. The van der Waals surface area contributed by atoms with E-state index in [1.807, 2.05) is 0 Å². The molecule has 0 atom stereocenters. The van der Waals surface area contributed by atoms with Crippen molar-refractivity contribution in [3.8, 4) is 0 Å². The zero-order valence-corrected chi connectivity index (χ0v) is 10.4. The molecule has 1 amide bonds. The highest BCUT2D eigenvalue weighted by Gasteiger charge is 2.34. The van der Waals surface area contributed by atoms with Gasteiger partial charge in [0, 0.05) is 0 Å². The summed E-state index contributed by atoms with van der Waals surface area (Å²) in [7, 11) is 0. The molecule has 0 saturated heterocycles. The van der Waals surface area contributed by atoms with E-state index in [2.05, 4.69) is 10.3 Å². The molecule has 0 fully saturated rings. The third kappa shape index (κ3) is 3.28. The average Bonchev–Trinajstić information content (AvgIpc) is 2.40. The van der Waals surface area contributed by atoms with E-state index >= 15 is 0 Å². The maximum Gasteiger partial charge on any atom is 0.418 e. The van der Waals surface area contributed by atoms with E-state index in [1.165, 1.54) is 6.07 Å². The van der Waals surface area contributed by atoms with Gasteiger partial charge in [-0.05, 0) is 24.3 Å². The van der Waals surface area contributed by atoms with Crippen molar-refractivity contribution in [2.45, 2.75) is 6.18 Å². The first-order valence-electron chi connectivity index (χ1n) is 5.67. The van der Waals surface area contributed by atoms with Gasteiger partial charge in [0.05, 0.1) is 23.0 Å². The van der Waals surface area contributed by atoms with Gasteiger partial charge in [-0.25, -0.2) is 9.37 Å². The lowest BCUT2D eigenvalue weighted by atomic mass is 10.1. The first-order chi connectivity index (χ1) is 9.79. The quantitative estimate of drug-likeness (QED) is 0.661. The fourth-order valence-electron chi connectivity index (χ4n) is 1.64. The second kappa shape index (κ2) is 5.39. The van der Waals surface area contributed by atoms with Gasteiger partial charge in [-0.15, -0.1) is 0 Å². The third-order valence-electron chi connectivity index (χ3n) is 2.63. The van der Waals surface area contributed by atoms with E-state index in [-0.39, 0.29) is 11.4 Å². The number of anilines is 2. The molecule has 0 aliphatic carbocycles. The minimum absolute atomic E-state index is 0.00166. The van der Waals surface area contributed by atoms with Gasteiger partial charge in [0.25, 0.3) is 5.91 Å². The van der Waals surface area contributed by atoms with Crippen LogP contribution >= 0.6 is 0 Å². The number of benzene rings is 1. The van der Waals surface area contributed by atoms with Crippen LogP contribution in [0.25, 0.3) is 0 Å². The number of nitrogens with one attached hydrogen (secondary N) is 1.